The van der Waals surface area contributed by atoms with Crippen LogP contribution in [0.1, 0.15) is 40.4 Å². The SMILES string of the molecule is O=C1NC(=O)c2ccc(I)cc2C1=CNc1ccc(C2CCCN2)cc1. The van der Waals surface area contributed by atoms with Gasteiger partial charge in [0.15, 0.2) is 0 Å². The van der Waals surface area contributed by atoms with Crippen molar-refractivity contribution in [2.24, 2.45) is 0 Å². The molecule has 2 aromatic rings. The number of carbonyl (C=O) groups excluding carboxylic acids is 2. The predicted octanol–water partition coefficient (Wildman–Crippen LogP) is 3.44. The van der Waals surface area contributed by atoms with Gasteiger partial charge in [-0.25, -0.2) is 0 Å². The van der Waals surface area contributed by atoms with E-state index in [2.05, 4.69) is 50.7 Å². The summed E-state index contributed by atoms with van der Waals surface area (Å²) >= 11 is 2.18. The topological polar surface area (TPSA) is 70.2 Å². The van der Waals surface area contributed by atoms with Crippen molar-refractivity contribution in [2.75, 3.05) is 11.9 Å². The highest BCUT2D eigenvalue weighted by Crippen LogP contribution is 2.27. The monoisotopic (exact) mass is 459 g/mol. The molecule has 1 atom stereocenters. The molecule has 26 heavy (non-hydrogen) atoms. The highest BCUT2D eigenvalue weighted by atomic mass is 127. The Bertz CT molecular complexity index is 900. The maximum Gasteiger partial charge on any atom is 0.260 e. The Morgan fingerprint density at radius 2 is 1.85 bits per heavy atom. The van der Waals surface area contributed by atoms with E-state index >= 15 is 0 Å². The molecule has 2 heterocycles. The van der Waals surface area contributed by atoms with Crippen LogP contribution < -0.4 is 16.0 Å². The number of nitrogens with one attached hydrogen (secondary N) is 3. The molecule has 0 aromatic heterocycles. The first-order valence-corrected chi connectivity index (χ1v) is 9.65. The predicted molar refractivity (Wildman–Crippen MR) is 110 cm³/mol. The van der Waals surface area contributed by atoms with E-state index in [-0.39, 0.29) is 11.8 Å². The molecule has 2 amide bonds. The van der Waals surface area contributed by atoms with Crippen molar-refractivity contribution in [3.05, 3.63) is 68.9 Å². The Kier molecular flexibility index (Phi) is 4.78. The van der Waals surface area contributed by atoms with Crippen molar-refractivity contribution in [1.29, 1.82) is 0 Å². The summed E-state index contributed by atoms with van der Waals surface area (Å²) in [7, 11) is 0. The maximum absolute atomic E-state index is 12.3. The second kappa shape index (κ2) is 7.20. The number of fused-ring (bicyclic) bond motifs is 1. The second-order valence-corrected chi connectivity index (χ2v) is 7.69. The number of amides is 2. The Hall–Kier alpha value is -2.19. The number of imide groups is 1. The largest absolute Gasteiger partial charge is 0.361 e. The third kappa shape index (κ3) is 3.39. The molecule has 1 fully saturated rings. The van der Waals surface area contributed by atoms with Crippen LogP contribution in [0.25, 0.3) is 5.57 Å². The number of halogens is 1. The van der Waals surface area contributed by atoms with E-state index in [1.807, 2.05) is 24.3 Å². The zero-order chi connectivity index (χ0) is 18.1. The minimum absolute atomic E-state index is 0.355. The van der Waals surface area contributed by atoms with Crippen molar-refractivity contribution in [3.8, 4) is 0 Å². The highest BCUT2D eigenvalue weighted by Gasteiger charge is 2.27. The molecule has 0 saturated carbocycles. The molecule has 0 radical (unpaired) electrons. The van der Waals surface area contributed by atoms with Gasteiger partial charge in [0.1, 0.15) is 0 Å². The standard InChI is InChI=1S/C20H18IN3O2/c21-13-5-8-15-16(10-13)17(20(26)24-19(15)25)11-23-14-6-3-12(4-7-14)18-2-1-9-22-18/h3-8,10-11,18,22-23H,1-2,9H2,(H,24,25,26). The van der Waals surface area contributed by atoms with E-state index in [1.165, 1.54) is 18.4 Å². The summed E-state index contributed by atoms with van der Waals surface area (Å²) in [6, 6.07) is 14.1. The van der Waals surface area contributed by atoms with Gasteiger partial charge in [-0.1, -0.05) is 12.1 Å². The highest BCUT2D eigenvalue weighted by molar-refractivity contribution is 14.1. The fourth-order valence-electron chi connectivity index (χ4n) is 3.38. The fourth-order valence-corrected chi connectivity index (χ4v) is 3.87. The van der Waals surface area contributed by atoms with Gasteiger partial charge in [0.05, 0.1) is 5.57 Å². The lowest BCUT2D eigenvalue weighted by atomic mass is 9.95. The van der Waals surface area contributed by atoms with Crippen molar-refractivity contribution >= 4 is 45.7 Å². The zero-order valence-corrected chi connectivity index (χ0v) is 16.2. The van der Waals surface area contributed by atoms with Crippen LogP contribution in [0.5, 0.6) is 0 Å². The summed E-state index contributed by atoms with van der Waals surface area (Å²) in [6.07, 6.45) is 4.04. The molecule has 0 bridgehead atoms. The van der Waals surface area contributed by atoms with Crippen LogP contribution in [0.15, 0.2) is 48.7 Å². The number of hydrogen-bond donors (Lipinski definition) is 3. The molecule has 5 nitrogen and oxygen atoms in total. The normalized spacial score (nSPS) is 20.8. The lowest BCUT2D eigenvalue weighted by molar-refractivity contribution is -0.114. The Labute approximate surface area is 165 Å². The number of benzene rings is 2. The summed E-state index contributed by atoms with van der Waals surface area (Å²) in [5.41, 5.74) is 3.81. The van der Waals surface area contributed by atoms with Gasteiger partial charge >= 0.3 is 0 Å². The molecule has 4 rings (SSSR count). The number of hydrogen-bond acceptors (Lipinski definition) is 4. The number of anilines is 1. The lowest BCUT2D eigenvalue weighted by Crippen LogP contribution is -2.36. The Morgan fingerprint density at radius 3 is 2.58 bits per heavy atom. The van der Waals surface area contributed by atoms with Crippen LogP contribution in [0.2, 0.25) is 0 Å². The molecule has 2 aliphatic rings. The maximum atomic E-state index is 12.3. The Morgan fingerprint density at radius 1 is 1.04 bits per heavy atom. The van der Waals surface area contributed by atoms with E-state index in [9.17, 15) is 9.59 Å². The lowest BCUT2D eigenvalue weighted by Gasteiger charge is -2.18. The zero-order valence-electron chi connectivity index (χ0n) is 14.0. The van der Waals surface area contributed by atoms with Gasteiger partial charge in [-0.3, -0.25) is 14.9 Å². The molecular weight excluding hydrogens is 441 g/mol. The van der Waals surface area contributed by atoms with Crippen molar-refractivity contribution in [1.82, 2.24) is 10.6 Å². The van der Waals surface area contributed by atoms with E-state index in [1.54, 1.807) is 12.3 Å². The molecule has 2 aromatic carbocycles. The molecule has 2 aliphatic heterocycles. The molecule has 0 aliphatic carbocycles. The fraction of sp³-hybridized carbons (Fsp3) is 0.200. The molecule has 132 valence electrons. The molecule has 3 N–H and O–H groups in total. The molecule has 1 unspecified atom stereocenters. The first-order chi connectivity index (χ1) is 12.6. The van der Waals surface area contributed by atoms with Crippen molar-refractivity contribution in [2.45, 2.75) is 18.9 Å². The molecule has 6 heteroatoms. The van der Waals surface area contributed by atoms with Gasteiger partial charge in [-0.15, -0.1) is 0 Å². The van der Waals surface area contributed by atoms with Gasteiger partial charge in [0, 0.05) is 32.6 Å². The second-order valence-electron chi connectivity index (χ2n) is 6.45. The summed E-state index contributed by atoms with van der Waals surface area (Å²) < 4.78 is 0.975. The smallest absolute Gasteiger partial charge is 0.260 e. The van der Waals surface area contributed by atoms with Crippen LogP contribution >= 0.6 is 22.6 Å². The average molecular weight is 459 g/mol. The van der Waals surface area contributed by atoms with Gasteiger partial charge in [-0.2, -0.15) is 0 Å². The summed E-state index contributed by atoms with van der Waals surface area (Å²) in [6.45, 7) is 1.07. The van der Waals surface area contributed by atoms with Crippen molar-refractivity contribution in [3.63, 3.8) is 0 Å². The van der Waals surface area contributed by atoms with Gasteiger partial charge in [0.25, 0.3) is 11.8 Å². The van der Waals surface area contributed by atoms with Crippen LogP contribution in [0.3, 0.4) is 0 Å². The first kappa shape index (κ1) is 17.2. The molecule has 0 spiro atoms. The van der Waals surface area contributed by atoms with E-state index in [0.717, 1.165) is 15.8 Å². The summed E-state index contributed by atoms with van der Waals surface area (Å²) in [5, 5.41) is 9.06. The van der Waals surface area contributed by atoms with E-state index in [0.29, 0.717) is 22.7 Å². The van der Waals surface area contributed by atoms with Crippen LogP contribution in [-0.2, 0) is 4.79 Å². The minimum atomic E-state index is -0.385. The third-order valence-corrected chi connectivity index (χ3v) is 5.42. The minimum Gasteiger partial charge on any atom is -0.361 e. The third-order valence-electron chi connectivity index (χ3n) is 4.74. The van der Waals surface area contributed by atoms with Gasteiger partial charge in [0.2, 0.25) is 0 Å². The Balaban J connectivity index is 1.58. The molecular formula is C20H18IN3O2. The van der Waals surface area contributed by atoms with Gasteiger partial charge in [-0.05, 0) is 77.9 Å². The number of carbonyl (C=O) groups is 2. The van der Waals surface area contributed by atoms with E-state index in [4.69, 9.17) is 0 Å². The number of rotatable bonds is 3. The molecule has 1 saturated heterocycles. The van der Waals surface area contributed by atoms with Crippen molar-refractivity contribution < 1.29 is 9.59 Å². The summed E-state index contributed by atoms with van der Waals surface area (Å²) in [4.78, 5) is 24.3. The summed E-state index contributed by atoms with van der Waals surface area (Å²) in [5.74, 6) is -0.740. The quantitative estimate of drug-likeness (QED) is 0.374. The van der Waals surface area contributed by atoms with Crippen LogP contribution in [0, 0.1) is 3.57 Å². The first-order valence-electron chi connectivity index (χ1n) is 8.57. The van der Waals surface area contributed by atoms with Crippen LogP contribution in [-0.4, -0.2) is 18.4 Å². The van der Waals surface area contributed by atoms with Crippen LogP contribution in [0.4, 0.5) is 5.69 Å². The average Bonchev–Trinajstić information content (AvgIpc) is 3.16. The van der Waals surface area contributed by atoms with E-state index < -0.39 is 0 Å². The van der Waals surface area contributed by atoms with Gasteiger partial charge < -0.3 is 10.6 Å².